The second kappa shape index (κ2) is 5.80. The molecule has 2 N–H and O–H groups in total. The molecule has 0 unspecified atom stereocenters. The fraction of sp³-hybridized carbons (Fsp3) is 0.0909. The van der Waals surface area contributed by atoms with E-state index >= 15 is 0 Å². The van der Waals surface area contributed by atoms with Crippen LogP contribution in [-0.2, 0) is 16.6 Å². The normalized spacial score (nSPS) is 11.5. The summed E-state index contributed by atoms with van der Waals surface area (Å²) >= 11 is 10.1. The number of rotatable bonds is 4. The molecule has 4 nitrogen and oxygen atoms in total. The van der Waals surface area contributed by atoms with Gasteiger partial charge in [0, 0.05) is 14.4 Å². The highest BCUT2D eigenvalue weighted by atomic mass is 79.9. The van der Waals surface area contributed by atoms with Crippen LogP contribution in [0.2, 0.25) is 5.02 Å². The SMILES string of the molecule is O=S(=O)(Nc1cc(Cl)ccc1Br)c1ccc(CO)s1. The molecule has 0 fully saturated rings. The molecule has 0 spiro atoms. The predicted octanol–water partition coefficient (Wildman–Crippen LogP) is 3.46. The molecule has 0 radical (unpaired) electrons. The quantitative estimate of drug-likeness (QED) is 0.851. The smallest absolute Gasteiger partial charge is 0.271 e. The minimum Gasteiger partial charge on any atom is -0.391 e. The molecule has 1 heterocycles. The van der Waals surface area contributed by atoms with Gasteiger partial charge in [-0.05, 0) is 46.3 Å². The first kappa shape index (κ1) is 14.8. The van der Waals surface area contributed by atoms with Crippen LogP contribution < -0.4 is 4.72 Å². The molecule has 0 saturated heterocycles. The molecule has 1 aromatic carbocycles. The molecule has 0 saturated carbocycles. The van der Waals surface area contributed by atoms with Crippen LogP contribution in [0.1, 0.15) is 4.88 Å². The van der Waals surface area contributed by atoms with Gasteiger partial charge in [0.1, 0.15) is 4.21 Å². The van der Waals surface area contributed by atoms with Crippen molar-refractivity contribution in [2.75, 3.05) is 4.72 Å². The number of benzene rings is 1. The molecule has 8 heteroatoms. The number of nitrogens with one attached hydrogen (secondary N) is 1. The molecule has 0 aliphatic rings. The second-order valence-corrected chi connectivity index (χ2v) is 7.98. The summed E-state index contributed by atoms with van der Waals surface area (Å²) in [7, 11) is -3.67. The summed E-state index contributed by atoms with van der Waals surface area (Å²) in [4.78, 5) is 0.588. The van der Waals surface area contributed by atoms with Gasteiger partial charge in [0.25, 0.3) is 10.0 Å². The maximum Gasteiger partial charge on any atom is 0.271 e. The highest BCUT2D eigenvalue weighted by molar-refractivity contribution is 9.10. The molecular weight excluding hydrogens is 374 g/mol. The van der Waals surface area contributed by atoms with Gasteiger partial charge in [0.05, 0.1) is 12.3 Å². The third-order valence-electron chi connectivity index (χ3n) is 2.23. The third kappa shape index (κ3) is 3.49. The summed E-state index contributed by atoms with van der Waals surface area (Å²) < 4.78 is 27.5. The van der Waals surface area contributed by atoms with Gasteiger partial charge < -0.3 is 5.11 Å². The van der Waals surface area contributed by atoms with Crippen molar-refractivity contribution in [1.29, 1.82) is 0 Å². The van der Waals surface area contributed by atoms with E-state index in [1.54, 1.807) is 18.2 Å². The second-order valence-electron chi connectivity index (χ2n) is 3.61. The monoisotopic (exact) mass is 381 g/mol. The number of thiophene rings is 1. The van der Waals surface area contributed by atoms with Gasteiger partial charge in [-0.15, -0.1) is 11.3 Å². The van der Waals surface area contributed by atoms with E-state index in [0.29, 0.717) is 20.1 Å². The molecule has 0 aliphatic heterocycles. The zero-order valence-electron chi connectivity index (χ0n) is 9.43. The molecule has 2 aromatic rings. The minimum atomic E-state index is -3.67. The van der Waals surface area contributed by atoms with Crippen LogP contribution in [-0.4, -0.2) is 13.5 Å². The minimum absolute atomic E-state index is 0.142. The van der Waals surface area contributed by atoms with E-state index in [1.165, 1.54) is 12.1 Å². The Hall–Kier alpha value is -0.600. The zero-order chi connectivity index (χ0) is 14.0. The first-order chi connectivity index (χ1) is 8.92. The summed E-state index contributed by atoms with van der Waals surface area (Å²) in [6, 6.07) is 7.86. The predicted molar refractivity (Wildman–Crippen MR) is 80.2 cm³/mol. The van der Waals surface area contributed by atoms with E-state index in [0.717, 1.165) is 11.3 Å². The maximum atomic E-state index is 12.1. The van der Waals surface area contributed by atoms with E-state index in [-0.39, 0.29) is 10.8 Å². The van der Waals surface area contributed by atoms with Crippen molar-refractivity contribution in [3.63, 3.8) is 0 Å². The highest BCUT2D eigenvalue weighted by Gasteiger charge is 2.18. The lowest BCUT2D eigenvalue weighted by Crippen LogP contribution is -2.11. The van der Waals surface area contributed by atoms with Gasteiger partial charge in [-0.25, -0.2) is 8.42 Å². The molecule has 0 atom stereocenters. The summed E-state index contributed by atoms with van der Waals surface area (Å²) in [5, 5.41) is 9.39. The van der Waals surface area contributed by atoms with Gasteiger partial charge in [0.2, 0.25) is 0 Å². The molecule has 1 aromatic heterocycles. The van der Waals surface area contributed by atoms with E-state index in [4.69, 9.17) is 16.7 Å². The molecular formula is C11H9BrClNO3S2. The Morgan fingerprint density at radius 2 is 2.05 bits per heavy atom. The van der Waals surface area contributed by atoms with Crippen molar-refractivity contribution >= 4 is 54.6 Å². The fourth-order valence-electron chi connectivity index (χ4n) is 1.36. The topological polar surface area (TPSA) is 66.4 Å². The van der Waals surface area contributed by atoms with Gasteiger partial charge >= 0.3 is 0 Å². The Balaban J connectivity index is 2.33. The van der Waals surface area contributed by atoms with E-state index in [1.807, 2.05) is 0 Å². The number of aliphatic hydroxyl groups is 1. The third-order valence-corrected chi connectivity index (χ3v) is 6.08. The zero-order valence-corrected chi connectivity index (χ0v) is 13.4. The van der Waals surface area contributed by atoms with Crippen LogP contribution in [0.3, 0.4) is 0 Å². The van der Waals surface area contributed by atoms with Gasteiger partial charge in [-0.2, -0.15) is 0 Å². The van der Waals surface area contributed by atoms with Crippen LogP contribution in [0.5, 0.6) is 0 Å². The molecule has 2 rings (SSSR count). The van der Waals surface area contributed by atoms with Crippen molar-refractivity contribution in [3.8, 4) is 0 Å². The number of aliphatic hydroxyl groups excluding tert-OH is 1. The lowest BCUT2D eigenvalue weighted by atomic mass is 10.3. The average molecular weight is 383 g/mol. The summed E-state index contributed by atoms with van der Waals surface area (Å²) in [5.41, 5.74) is 0.367. The lowest BCUT2D eigenvalue weighted by molar-refractivity contribution is 0.285. The number of sulfonamides is 1. The standard InChI is InChI=1S/C11H9BrClNO3S2/c12-9-3-1-7(13)5-10(9)14-19(16,17)11-4-2-8(6-15)18-11/h1-5,14-15H,6H2. The largest absolute Gasteiger partial charge is 0.391 e. The van der Waals surface area contributed by atoms with E-state index < -0.39 is 10.0 Å². The van der Waals surface area contributed by atoms with E-state index in [2.05, 4.69) is 20.7 Å². The Morgan fingerprint density at radius 1 is 1.32 bits per heavy atom. The number of anilines is 1. The van der Waals surface area contributed by atoms with Crippen LogP contribution in [0.15, 0.2) is 39.0 Å². The van der Waals surface area contributed by atoms with Crippen molar-refractivity contribution in [3.05, 3.63) is 44.7 Å². The Bertz CT molecular complexity index is 700. The number of hydrogen-bond donors (Lipinski definition) is 2. The summed E-state index contributed by atoms with van der Waals surface area (Å²) in [6.07, 6.45) is 0. The Labute approximate surface area is 128 Å². The van der Waals surface area contributed by atoms with Crippen LogP contribution >= 0.6 is 38.9 Å². The molecule has 0 aliphatic carbocycles. The average Bonchev–Trinajstić information content (AvgIpc) is 2.83. The maximum absolute atomic E-state index is 12.1. The van der Waals surface area contributed by atoms with Gasteiger partial charge in [0.15, 0.2) is 0 Å². The number of hydrogen-bond acceptors (Lipinski definition) is 4. The highest BCUT2D eigenvalue weighted by Crippen LogP contribution is 2.30. The van der Waals surface area contributed by atoms with Crippen LogP contribution in [0.25, 0.3) is 0 Å². The lowest BCUT2D eigenvalue weighted by Gasteiger charge is -2.08. The molecule has 0 amide bonds. The molecule has 19 heavy (non-hydrogen) atoms. The number of halogens is 2. The van der Waals surface area contributed by atoms with Gasteiger partial charge in [-0.1, -0.05) is 11.6 Å². The first-order valence-electron chi connectivity index (χ1n) is 5.10. The van der Waals surface area contributed by atoms with Gasteiger partial charge in [-0.3, -0.25) is 4.72 Å². The van der Waals surface area contributed by atoms with E-state index in [9.17, 15) is 8.42 Å². The first-order valence-corrected chi connectivity index (χ1v) is 8.57. The summed E-state index contributed by atoms with van der Waals surface area (Å²) in [6.45, 7) is -0.180. The summed E-state index contributed by atoms with van der Waals surface area (Å²) in [5.74, 6) is 0. The van der Waals surface area contributed by atoms with Crippen molar-refractivity contribution in [2.24, 2.45) is 0 Å². The van der Waals surface area contributed by atoms with Crippen molar-refractivity contribution in [2.45, 2.75) is 10.8 Å². The fourth-order valence-corrected chi connectivity index (χ4v) is 4.29. The van der Waals surface area contributed by atoms with Crippen molar-refractivity contribution < 1.29 is 13.5 Å². The van der Waals surface area contributed by atoms with Crippen molar-refractivity contribution in [1.82, 2.24) is 0 Å². The molecule has 102 valence electrons. The molecule has 0 bridgehead atoms. The van der Waals surface area contributed by atoms with Crippen LogP contribution in [0, 0.1) is 0 Å². The van der Waals surface area contributed by atoms with Crippen LogP contribution in [0.4, 0.5) is 5.69 Å². The Morgan fingerprint density at radius 3 is 2.68 bits per heavy atom. The Kier molecular flexibility index (Phi) is 4.52.